The van der Waals surface area contributed by atoms with Gasteiger partial charge in [0.25, 0.3) is 0 Å². The van der Waals surface area contributed by atoms with Crippen LogP contribution in [0.1, 0.15) is 87.9 Å². The first-order valence-corrected chi connectivity index (χ1v) is 18.9. The van der Waals surface area contributed by atoms with Crippen LogP contribution in [0.2, 0.25) is 0 Å². The number of likely N-dealkylation sites (tertiary alicyclic amines) is 1. The number of hydrogen-bond donors (Lipinski definition) is 3. The second-order valence-corrected chi connectivity index (χ2v) is 17.3. The number of rotatable bonds is 6. The molecule has 3 N–H and O–H groups in total. The van der Waals surface area contributed by atoms with Crippen molar-refractivity contribution < 1.29 is 13.2 Å². The van der Waals surface area contributed by atoms with Crippen LogP contribution in [0.3, 0.4) is 0 Å². The van der Waals surface area contributed by atoms with E-state index >= 15 is 0 Å². The lowest BCUT2D eigenvalue weighted by molar-refractivity contribution is -0.0836. The minimum Gasteiger partial charge on any atom is -0.362 e. The smallest absolute Gasteiger partial charge is 0.216 e. The Morgan fingerprint density at radius 1 is 0.977 bits per heavy atom. The lowest BCUT2D eigenvalue weighted by atomic mass is 9.79. The number of hydrogen-bond acceptors (Lipinski definition) is 8. The van der Waals surface area contributed by atoms with Crippen LogP contribution in [0.5, 0.6) is 0 Å². The fraction of sp³-hybridized carbons (Fsp3) is 0.824. The number of aryl methyl sites for hydroxylation is 2. The molecular weight excluding hydrogens is 572 g/mol. The molecule has 6 atom stereocenters. The van der Waals surface area contributed by atoms with Crippen LogP contribution in [-0.2, 0) is 14.8 Å². The molecule has 2 aliphatic carbocycles. The molecule has 3 saturated heterocycles. The van der Waals surface area contributed by atoms with Crippen molar-refractivity contribution in [2.45, 2.75) is 127 Å². The molecule has 248 valence electrons. The van der Waals surface area contributed by atoms with E-state index in [2.05, 4.69) is 90.0 Å². The Labute approximate surface area is 266 Å². The molecule has 0 radical (unpaired) electrons. The summed E-state index contributed by atoms with van der Waals surface area (Å²) < 4.78 is 37.6. The summed E-state index contributed by atoms with van der Waals surface area (Å²) in [4.78, 5) is 7.82. The van der Waals surface area contributed by atoms with Crippen LogP contribution < -0.4 is 15.4 Å². The van der Waals surface area contributed by atoms with Crippen molar-refractivity contribution in [2.75, 3.05) is 40.3 Å². The van der Waals surface area contributed by atoms with Crippen molar-refractivity contribution in [3.05, 3.63) is 34.9 Å². The minimum atomic E-state index is -3.52. The highest BCUT2D eigenvalue weighted by Gasteiger charge is 2.45. The van der Waals surface area contributed by atoms with Crippen LogP contribution in [-0.4, -0.2) is 105 Å². The Kier molecular flexibility index (Phi) is 10.1. The van der Waals surface area contributed by atoms with E-state index in [1.54, 1.807) is 0 Å². The Morgan fingerprint density at radius 2 is 1.70 bits per heavy atom. The van der Waals surface area contributed by atoms with Crippen molar-refractivity contribution in [3.8, 4) is 0 Å². The second-order valence-electron chi connectivity index (χ2n) is 15.3. The van der Waals surface area contributed by atoms with Crippen molar-refractivity contribution in [2.24, 2.45) is 11.8 Å². The van der Waals surface area contributed by atoms with Gasteiger partial charge in [-0.2, -0.15) is 4.72 Å². The van der Waals surface area contributed by atoms with E-state index < -0.39 is 16.3 Å². The molecule has 0 amide bonds. The first-order chi connectivity index (χ1) is 21.0. The Morgan fingerprint density at radius 3 is 2.39 bits per heavy atom. The number of nitrogens with zero attached hydrogens (tertiary/aromatic N) is 3. The summed E-state index contributed by atoms with van der Waals surface area (Å²) in [6, 6.07) is 8.61. The molecule has 3 heterocycles. The van der Waals surface area contributed by atoms with E-state index in [0.717, 1.165) is 45.1 Å². The van der Waals surface area contributed by atoms with E-state index in [1.807, 2.05) is 0 Å². The average molecular weight is 631 g/mol. The lowest BCUT2D eigenvalue weighted by Gasteiger charge is -2.55. The first kappa shape index (κ1) is 32.8. The summed E-state index contributed by atoms with van der Waals surface area (Å²) in [6.45, 7) is 13.0. The predicted octanol–water partition coefficient (Wildman–Crippen LogP) is 3.54. The highest BCUT2D eigenvalue weighted by molar-refractivity contribution is 7.90. The second kappa shape index (κ2) is 13.6. The molecule has 5 unspecified atom stereocenters. The highest BCUT2D eigenvalue weighted by Crippen LogP contribution is 2.38. The van der Waals surface area contributed by atoms with Crippen molar-refractivity contribution in [1.82, 2.24) is 30.1 Å². The standard InChI is InChI=1S/C34H58N6O3S/c1-22(2)13-28-21-43-32-17-31(33-23(3)9-7-10-24(33)4)35-34(36-32)37-44(41,42)30-12-8-11-25(14-30)18-40(28)27-15-26(16-27)39-19-29(20-39)38(5)6/h7,9-10,22,25-32,34-37H,8,11-21H2,1-6H3/t25?,26?,27?,28-,30?,31?,32?,34?/m1/s1. The molecule has 5 aliphatic rings. The number of nitrogens with one attached hydrogen (secondary N) is 3. The van der Waals surface area contributed by atoms with E-state index in [0.29, 0.717) is 42.6 Å². The van der Waals surface area contributed by atoms with E-state index in [-0.39, 0.29) is 17.5 Å². The Hall–Kier alpha value is -1.11. The van der Waals surface area contributed by atoms with E-state index in [4.69, 9.17) is 4.74 Å². The van der Waals surface area contributed by atoms with Crippen LogP contribution in [0.4, 0.5) is 0 Å². The number of fused-ring (bicyclic) bond motifs is 4. The molecule has 1 aromatic carbocycles. The summed E-state index contributed by atoms with van der Waals surface area (Å²) >= 11 is 0. The van der Waals surface area contributed by atoms with Gasteiger partial charge in [-0.1, -0.05) is 38.5 Å². The molecule has 2 saturated carbocycles. The highest BCUT2D eigenvalue weighted by atomic mass is 32.2. The third-order valence-corrected chi connectivity index (χ3v) is 13.3. The molecule has 4 bridgehead atoms. The summed E-state index contributed by atoms with van der Waals surface area (Å²) in [7, 11) is 0.864. The normalized spacial score (nSPS) is 37.5. The maximum atomic E-state index is 13.9. The topological polar surface area (TPSA) is 89.2 Å². The molecule has 3 aliphatic heterocycles. The van der Waals surface area contributed by atoms with Gasteiger partial charge in [0.1, 0.15) is 12.5 Å². The van der Waals surface area contributed by atoms with Crippen molar-refractivity contribution in [3.63, 3.8) is 0 Å². The molecule has 44 heavy (non-hydrogen) atoms. The molecule has 9 nitrogen and oxygen atoms in total. The van der Waals surface area contributed by atoms with Crippen LogP contribution in [0, 0.1) is 25.7 Å². The maximum absolute atomic E-state index is 13.9. The van der Waals surface area contributed by atoms with Gasteiger partial charge in [-0.3, -0.25) is 20.4 Å². The van der Waals surface area contributed by atoms with Crippen LogP contribution in [0.15, 0.2) is 18.2 Å². The first-order valence-electron chi connectivity index (χ1n) is 17.3. The Bertz CT molecular complexity index is 1210. The zero-order valence-electron chi connectivity index (χ0n) is 28.0. The molecule has 0 aromatic heterocycles. The van der Waals surface area contributed by atoms with Gasteiger partial charge in [0, 0.05) is 56.3 Å². The van der Waals surface area contributed by atoms with Gasteiger partial charge >= 0.3 is 0 Å². The summed E-state index contributed by atoms with van der Waals surface area (Å²) in [5.74, 6) is 0.954. The Balaban J connectivity index is 1.25. The molecule has 10 heteroatoms. The van der Waals surface area contributed by atoms with Gasteiger partial charge in [-0.05, 0) is 95.0 Å². The molecule has 6 rings (SSSR count). The molecule has 0 spiro atoms. The summed E-state index contributed by atoms with van der Waals surface area (Å²) in [5, 5.41) is 6.76. The third-order valence-electron chi connectivity index (χ3n) is 11.4. The summed E-state index contributed by atoms with van der Waals surface area (Å²) in [6.07, 6.45) is 7.02. The van der Waals surface area contributed by atoms with Gasteiger partial charge in [0.05, 0.1) is 11.9 Å². The monoisotopic (exact) mass is 630 g/mol. The van der Waals surface area contributed by atoms with Crippen molar-refractivity contribution >= 4 is 10.0 Å². The fourth-order valence-corrected chi connectivity index (χ4v) is 10.4. The van der Waals surface area contributed by atoms with Gasteiger partial charge in [-0.25, -0.2) is 8.42 Å². The van der Waals surface area contributed by atoms with Gasteiger partial charge in [0.2, 0.25) is 10.0 Å². The largest absolute Gasteiger partial charge is 0.362 e. The lowest BCUT2D eigenvalue weighted by Crippen LogP contribution is -2.66. The minimum absolute atomic E-state index is 0.00561. The number of likely N-dealkylation sites (N-methyl/N-ethyl adjacent to an activating group) is 1. The average Bonchev–Trinajstić information content (AvgIpc) is 2.90. The zero-order chi connectivity index (χ0) is 31.2. The van der Waals surface area contributed by atoms with Crippen LogP contribution in [0.25, 0.3) is 0 Å². The fourth-order valence-electron chi connectivity index (χ4n) is 8.70. The van der Waals surface area contributed by atoms with Gasteiger partial charge in [0.15, 0.2) is 0 Å². The maximum Gasteiger partial charge on any atom is 0.216 e. The number of benzene rings is 1. The SMILES string of the molecule is Cc1cccc(C)c1C1CC2NC(N1)NS(=O)(=O)C1CCCC(C1)CN(C1CC(N3CC(N(C)C)C3)C1)[C@H](CC(C)C)CO2. The third kappa shape index (κ3) is 7.23. The van der Waals surface area contributed by atoms with Gasteiger partial charge in [-0.15, -0.1) is 0 Å². The molecule has 1 aromatic rings. The zero-order valence-corrected chi connectivity index (χ0v) is 28.8. The van der Waals surface area contributed by atoms with Gasteiger partial charge < -0.3 is 9.64 Å². The van der Waals surface area contributed by atoms with Crippen LogP contribution >= 0.6 is 0 Å². The van der Waals surface area contributed by atoms with E-state index in [1.165, 1.54) is 42.6 Å². The quantitative estimate of drug-likeness (QED) is 0.440. The van der Waals surface area contributed by atoms with E-state index in [9.17, 15) is 8.42 Å². The number of sulfonamides is 1. The molecule has 5 fully saturated rings. The molecular formula is C34H58N6O3S. The number of ether oxygens (including phenoxy) is 1. The summed E-state index contributed by atoms with van der Waals surface area (Å²) in [5.41, 5.74) is 3.69. The van der Waals surface area contributed by atoms with Crippen molar-refractivity contribution in [1.29, 1.82) is 0 Å². The predicted molar refractivity (Wildman–Crippen MR) is 177 cm³/mol.